The van der Waals surface area contributed by atoms with Gasteiger partial charge in [-0.15, -0.1) is 0 Å². The lowest BCUT2D eigenvalue weighted by molar-refractivity contribution is -0.137. The molecule has 0 N–H and O–H groups in total. The van der Waals surface area contributed by atoms with E-state index in [1.54, 1.807) is 11.0 Å². The van der Waals surface area contributed by atoms with Crippen molar-refractivity contribution in [2.75, 3.05) is 11.6 Å². The van der Waals surface area contributed by atoms with E-state index in [0.29, 0.717) is 30.0 Å². The van der Waals surface area contributed by atoms with Crippen molar-refractivity contribution in [3.05, 3.63) is 69.1 Å². The predicted molar refractivity (Wildman–Crippen MR) is 99.7 cm³/mol. The van der Waals surface area contributed by atoms with Crippen molar-refractivity contribution in [2.24, 2.45) is 0 Å². The molecule has 0 amide bonds. The lowest BCUT2D eigenvalue weighted by Crippen LogP contribution is -2.32. The van der Waals surface area contributed by atoms with Crippen LogP contribution < -0.4 is 15.3 Å². The van der Waals surface area contributed by atoms with Gasteiger partial charge in [0, 0.05) is 34.8 Å². The minimum Gasteiger partial charge on any atom is -0.472 e. The third kappa shape index (κ3) is 3.10. The monoisotopic (exact) mass is 389 g/mol. The Morgan fingerprint density at radius 1 is 1.18 bits per heavy atom. The molecule has 146 valence electrons. The number of alkyl halides is 3. The molecule has 0 bridgehead atoms. The molecule has 1 aromatic heterocycles. The molecule has 0 unspecified atom stereocenters. The number of hydrogen-bond acceptors (Lipinski definition) is 4. The summed E-state index contributed by atoms with van der Waals surface area (Å²) in [4.78, 5) is 13.6. The summed E-state index contributed by atoms with van der Waals surface area (Å²) in [5.74, 6) is 0.618. The van der Waals surface area contributed by atoms with Crippen LogP contribution in [0.5, 0.6) is 5.75 Å². The van der Waals surface area contributed by atoms with Gasteiger partial charge in [0.25, 0.3) is 0 Å². The quantitative estimate of drug-likeness (QED) is 0.576. The largest absolute Gasteiger partial charge is 0.472 e. The predicted octanol–water partition coefficient (Wildman–Crippen LogP) is 5.04. The van der Waals surface area contributed by atoms with Gasteiger partial charge in [-0.05, 0) is 43.2 Å². The van der Waals surface area contributed by atoms with Crippen LogP contribution in [-0.4, -0.2) is 6.73 Å². The van der Waals surface area contributed by atoms with Crippen LogP contribution in [0.15, 0.2) is 45.6 Å². The molecule has 0 spiro atoms. The topological polar surface area (TPSA) is 42.7 Å². The van der Waals surface area contributed by atoms with Crippen molar-refractivity contribution in [3.63, 3.8) is 0 Å². The Labute approximate surface area is 159 Å². The van der Waals surface area contributed by atoms with E-state index in [1.165, 1.54) is 12.1 Å². The van der Waals surface area contributed by atoms with Gasteiger partial charge >= 0.3 is 11.8 Å². The van der Waals surface area contributed by atoms with Gasteiger partial charge in [-0.2, -0.15) is 13.2 Å². The summed E-state index contributed by atoms with van der Waals surface area (Å²) in [6.07, 6.45) is -3.73. The van der Waals surface area contributed by atoms with Crippen molar-refractivity contribution in [2.45, 2.75) is 33.0 Å². The molecule has 4 nitrogen and oxygen atoms in total. The van der Waals surface area contributed by atoms with Crippen molar-refractivity contribution in [1.82, 2.24) is 0 Å². The molecule has 7 heteroatoms. The van der Waals surface area contributed by atoms with Crippen LogP contribution in [0.3, 0.4) is 0 Å². The Balaban J connectivity index is 1.78. The van der Waals surface area contributed by atoms with E-state index in [9.17, 15) is 18.0 Å². The molecule has 1 aliphatic heterocycles. The number of benzene rings is 2. The molecule has 0 fully saturated rings. The van der Waals surface area contributed by atoms with Crippen molar-refractivity contribution in [1.29, 1.82) is 0 Å². The Bertz CT molecular complexity index is 1120. The molecule has 28 heavy (non-hydrogen) atoms. The minimum atomic E-state index is -4.40. The van der Waals surface area contributed by atoms with Crippen LogP contribution in [0.4, 0.5) is 18.9 Å². The Morgan fingerprint density at radius 3 is 2.68 bits per heavy atom. The standard InChI is InChI=1S/C21H18F3NO3/c1-3-13-8-18(26)28-20-12(2)19-14(7-17(13)20)10-25(11-27-19)16-6-4-5-15(9-16)21(22,23)24/h4-9H,3,10-11H2,1-2H3. The maximum atomic E-state index is 13.0. The number of fused-ring (bicyclic) bond motifs is 2. The zero-order valence-corrected chi connectivity index (χ0v) is 15.4. The second-order valence-electron chi connectivity index (χ2n) is 6.83. The lowest BCUT2D eigenvalue weighted by atomic mass is 9.99. The summed E-state index contributed by atoms with van der Waals surface area (Å²) in [7, 11) is 0. The summed E-state index contributed by atoms with van der Waals surface area (Å²) in [5.41, 5.74) is 2.27. The number of aryl methyl sites for hydroxylation is 2. The summed E-state index contributed by atoms with van der Waals surface area (Å²) < 4.78 is 50.3. The summed E-state index contributed by atoms with van der Waals surface area (Å²) >= 11 is 0. The highest BCUT2D eigenvalue weighted by molar-refractivity contribution is 5.86. The van der Waals surface area contributed by atoms with Crippen molar-refractivity contribution < 1.29 is 22.3 Å². The fourth-order valence-electron chi connectivity index (χ4n) is 3.62. The SMILES string of the molecule is CCc1cc(=O)oc2c(C)c3c(cc12)CN(c1cccc(C(F)(F)F)c1)CO3. The summed E-state index contributed by atoms with van der Waals surface area (Å²) in [6, 6.07) is 8.58. The van der Waals surface area contributed by atoms with E-state index in [4.69, 9.17) is 9.15 Å². The maximum absolute atomic E-state index is 13.0. The highest BCUT2D eigenvalue weighted by atomic mass is 19.4. The first-order valence-electron chi connectivity index (χ1n) is 8.92. The average molecular weight is 389 g/mol. The van der Waals surface area contributed by atoms with Gasteiger partial charge in [0.2, 0.25) is 0 Å². The van der Waals surface area contributed by atoms with Gasteiger partial charge in [0.1, 0.15) is 11.3 Å². The van der Waals surface area contributed by atoms with Gasteiger partial charge in [-0.3, -0.25) is 0 Å². The van der Waals surface area contributed by atoms with E-state index in [0.717, 1.165) is 34.2 Å². The third-order valence-electron chi connectivity index (χ3n) is 5.02. The average Bonchev–Trinajstić information content (AvgIpc) is 2.67. The molecule has 2 heterocycles. The lowest BCUT2D eigenvalue weighted by Gasteiger charge is -2.32. The van der Waals surface area contributed by atoms with E-state index in [1.807, 2.05) is 19.9 Å². The smallest absolute Gasteiger partial charge is 0.416 e. The molecule has 0 saturated heterocycles. The van der Waals surface area contributed by atoms with Crippen LogP contribution >= 0.6 is 0 Å². The van der Waals surface area contributed by atoms with Gasteiger partial charge < -0.3 is 14.1 Å². The fourth-order valence-corrected chi connectivity index (χ4v) is 3.62. The van der Waals surface area contributed by atoms with E-state index < -0.39 is 17.4 Å². The highest BCUT2D eigenvalue weighted by Crippen LogP contribution is 2.38. The first-order chi connectivity index (χ1) is 13.3. The second kappa shape index (κ2) is 6.58. The van der Waals surface area contributed by atoms with Crippen molar-refractivity contribution in [3.8, 4) is 5.75 Å². The summed E-state index contributed by atoms with van der Waals surface area (Å²) in [5, 5.41) is 0.827. The number of halogens is 3. The van der Waals surface area contributed by atoms with Crippen LogP contribution in [-0.2, 0) is 19.1 Å². The number of rotatable bonds is 2. The molecule has 2 aromatic carbocycles. The van der Waals surface area contributed by atoms with Crippen LogP contribution in [0.1, 0.15) is 29.2 Å². The normalized spacial score (nSPS) is 14.1. The second-order valence-corrected chi connectivity index (χ2v) is 6.83. The first kappa shape index (κ1) is 18.4. The zero-order valence-electron chi connectivity index (χ0n) is 15.4. The fraction of sp³-hybridized carbons (Fsp3) is 0.286. The van der Waals surface area contributed by atoms with Crippen LogP contribution in [0.2, 0.25) is 0 Å². The van der Waals surface area contributed by atoms with E-state index in [-0.39, 0.29) is 6.73 Å². The van der Waals surface area contributed by atoms with Crippen LogP contribution in [0.25, 0.3) is 11.0 Å². The van der Waals surface area contributed by atoms with Crippen LogP contribution in [0, 0.1) is 6.92 Å². The Morgan fingerprint density at radius 2 is 1.96 bits per heavy atom. The Hall–Kier alpha value is -2.96. The molecular formula is C21H18F3NO3. The number of hydrogen-bond donors (Lipinski definition) is 0. The minimum absolute atomic E-state index is 0.109. The number of anilines is 1. The maximum Gasteiger partial charge on any atom is 0.416 e. The first-order valence-corrected chi connectivity index (χ1v) is 8.92. The van der Waals surface area contributed by atoms with Gasteiger partial charge in [0.15, 0.2) is 6.73 Å². The molecule has 4 rings (SSSR count). The number of ether oxygens (including phenoxy) is 1. The molecule has 3 aromatic rings. The molecule has 0 radical (unpaired) electrons. The van der Waals surface area contributed by atoms with Gasteiger partial charge in [-0.25, -0.2) is 4.79 Å². The molecule has 0 aliphatic carbocycles. The number of nitrogens with zero attached hydrogens (tertiary/aromatic N) is 1. The molecule has 1 aliphatic rings. The van der Waals surface area contributed by atoms with E-state index in [2.05, 4.69) is 0 Å². The van der Waals surface area contributed by atoms with Crippen molar-refractivity contribution >= 4 is 16.7 Å². The summed E-state index contributed by atoms with van der Waals surface area (Å²) in [6.45, 7) is 4.28. The molecular weight excluding hydrogens is 371 g/mol. The molecule has 0 atom stereocenters. The Kier molecular flexibility index (Phi) is 4.33. The van der Waals surface area contributed by atoms with Gasteiger partial charge in [-0.1, -0.05) is 13.0 Å². The zero-order chi connectivity index (χ0) is 20.1. The highest BCUT2D eigenvalue weighted by Gasteiger charge is 2.31. The van der Waals surface area contributed by atoms with E-state index >= 15 is 0 Å². The third-order valence-corrected chi connectivity index (χ3v) is 5.02. The molecule has 0 saturated carbocycles. The van der Waals surface area contributed by atoms with Gasteiger partial charge in [0.05, 0.1) is 5.56 Å².